The maximum absolute atomic E-state index is 5.90. The fraction of sp³-hybridized carbons (Fsp3) is 0.636. The Morgan fingerprint density at radius 1 is 1.53 bits per heavy atom. The van der Waals surface area contributed by atoms with Gasteiger partial charge >= 0.3 is 0 Å². The summed E-state index contributed by atoms with van der Waals surface area (Å²) in [5.41, 5.74) is 1.29. The number of thioether (sulfide) groups is 1. The minimum absolute atomic E-state index is 0.405. The van der Waals surface area contributed by atoms with Crippen molar-refractivity contribution >= 4 is 34.7 Å². The first-order valence-corrected chi connectivity index (χ1v) is 7.68. The average Bonchev–Trinajstić information content (AvgIpc) is 2.64. The number of hydrogen-bond donors (Lipinski definition) is 1. The van der Waals surface area contributed by atoms with Gasteiger partial charge < -0.3 is 5.32 Å². The summed E-state index contributed by atoms with van der Waals surface area (Å²) in [5, 5.41) is 6.37. The second-order valence-corrected chi connectivity index (χ2v) is 6.51. The molecule has 1 rings (SSSR count). The lowest BCUT2D eigenvalue weighted by Gasteiger charge is -2.14. The first-order valence-electron chi connectivity index (χ1n) is 5.13. The van der Waals surface area contributed by atoms with E-state index in [9.17, 15) is 0 Å². The minimum atomic E-state index is 0.405. The normalized spacial score (nSPS) is 15.2. The van der Waals surface area contributed by atoms with Gasteiger partial charge in [-0.1, -0.05) is 18.5 Å². The summed E-state index contributed by atoms with van der Waals surface area (Å²) >= 11 is 9.41. The van der Waals surface area contributed by atoms with Crippen molar-refractivity contribution in [2.75, 3.05) is 12.8 Å². The van der Waals surface area contributed by atoms with Crippen LogP contribution >= 0.6 is 34.7 Å². The van der Waals surface area contributed by atoms with Crippen LogP contribution in [0.3, 0.4) is 0 Å². The molecule has 2 atom stereocenters. The van der Waals surface area contributed by atoms with Crippen LogP contribution in [0.4, 0.5) is 0 Å². The highest BCUT2D eigenvalue weighted by Crippen LogP contribution is 2.24. The average molecular weight is 264 g/mol. The maximum Gasteiger partial charge on any atom is 0.0931 e. The van der Waals surface area contributed by atoms with E-state index in [0.29, 0.717) is 6.04 Å². The maximum atomic E-state index is 5.90. The standard InChI is InChI=1S/C11H18ClNS2/c1-8(14-3)4-5-13-9(2)10-6-11(12)15-7-10/h6-9,13H,4-5H2,1-3H3. The van der Waals surface area contributed by atoms with Crippen molar-refractivity contribution in [1.82, 2.24) is 5.32 Å². The van der Waals surface area contributed by atoms with Crippen LogP contribution in [0.2, 0.25) is 4.34 Å². The summed E-state index contributed by atoms with van der Waals surface area (Å²) < 4.78 is 0.871. The predicted octanol–water partition coefficient (Wildman–Crippen LogP) is 4.19. The summed E-state index contributed by atoms with van der Waals surface area (Å²) in [6.45, 7) is 5.51. The molecule has 0 amide bonds. The lowest BCUT2D eigenvalue weighted by molar-refractivity contribution is 0.559. The zero-order valence-corrected chi connectivity index (χ0v) is 11.8. The van der Waals surface area contributed by atoms with E-state index < -0.39 is 0 Å². The second-order valence-electron chi connectivity index (χ2n) is 3.69. The molecule has 4 heteroatoms. The summed E-state index contributed by atoms with van der Waals surface area (Å²) in [7, 11) is 0. The van der Waals surface area contributed by atoms with E-state index in [1.54, 1.807) is 11.3 Å². The van der Waals surface area contributed by atoms with Gasteiger partial charge in [0.05, 0.1) is 4.34 Å². The van der Waals surface area contributed by atoms with Gasteiger partial charge in [-0.25, -0.2) is 0 Å². The minimum Gasteiger partial charge on any atom is -0.310 e. The molecule has 0 aliphatic carbocycles. The molecule has 0 spiro atoms. The number of rotatable bonds is 6. The van der Waals surface area contributed by atoms with Crippen LogP contribution in [0.25, 0.3) is 0 Å². The Hall–Kier alpha value is 0.300. The van der Waals surface area contributed by atoms with Gasteiger partial charge in [0.15, 0.2) is 0 Å². The Morgan fingerprint density at radius 3 is 2.80 bits per heavy atom. The first-order chi connectivity index (χ1) is 7.13. The predicted molar refractivity (Wildman–Crippen MR) is 73.3 cm³/mol. The number of hydrogen-bond acceptors (Lipinski definition) is 3. The molecular weight excluding hydrogens is 246 g/mol. The highest BCUT2D eigenvalue weighted by atomic mass is 35.5. The Kier molecular flexibility index (Phi) is 6.05. The summed E-state index contributed by atoms with van der Waals surface area (Å²) in [6, 6.07) is 2.45. The van der Waals surface area contributed by atoms with Crippen molar-refractivity contribution < 1.29 is 0 Å². The Morgan fingerprint density at radius 2 is 2.27 bits per heavy atom. The van der Waals surface area contributed by atoms with Gasteiger partial charge in [-0.2, -0.15) is 11.8 Å². The van der Waals surface area contributed by atoms with E-state index in [-0.39, 0.29) is 0 Å². The van der Waals surface area contributed by atoms with E-state index in [1.165, 1.54) is 12.0 Å². The van der Waals surface area contributed by atoms with E-state index >= 15 is 0 Å². The molecule has 86 valence electrons. The summed E-state index contributed by atoms with van der Waals surface area (Å²) in [4.78, 5) is 0. The lowest BCUT2D eigenvalue weighted by Crippen LogP contribution is -2.21. The number of nitrogens with one attached hydrogen (secondary N) is 1. The molecule has 0 aliphatic rings. The monoisotopic (exact) mass is 263 g/mol. The van der Waals surface area contributed by atoms with Crippen LogP contribution in [0.5, 0.6) is 0 Å². The van der Waals surface area contributed by atoms with Crippen LogP contribution < -0.4 is 5.32 Å². The molecule has 15 heavy (non-hydrogen) atoms. The van der Waals surface area contributed by atoms with Crippen molar-refractivity contribution in [3.05, 3.63) is 21.3 Å². The van der Waals surface area contributed by atoms with E-state index in [2.05, 4.69) is 30.8 Å². The topological polar surface area (TPSA) is 12.0 Å². The van der Waals surface area contributed by atoms with E-state index in [1.807, 2.05) is 17.8 Å². The molecule has 0 bridgehead atoms. The van der Waals surface area contributed by atoms with Crippen LogP contribution in [0.1, 0.15) is 31.9 Å². The molecule has 0 aromatic carbocycles. The lowest BCUT2D eigenvalue weighted by atomic mass is 10.2. The number of halogens is 1. The van der Waals surface area contributed by atoms with E-state index in [4.69, 9.17) is 11.6 Å². The molecule has 0 fully saturated rings. The fourth-order valence-electron chi connectivity index (χ4n) is 1.29. The van der Waals surface area contributed by atoms with Gasteiger partial charge in [-0.3, -0.25) is 0 Å². The third-order valence-corrected chi connectivity index (χ3v) is 4.64. The van der Waals surface area contributed by atoms with Crippen LogP contribution in [-0.4, -0.2) is 18.1 Å². The number of thiophene rings is 1. The zero-order valence-electron chi connectivity index (χ0n) is 9.42. The quantitative estimate of drug-likeness (QED) is 0.826. The van der Waals surface area contributed by atoms with Gasteiger partial charge in [0.1, 0.15) is 0 Å². The molecule has 0 radical (unpaired) electrons. The third-order valence-electron chi connectivity index (χ3n) is 2.49. The molecule has 1 heterocycles. The zero-order chi connectivity index (χ0) is 11.3. The molecule has 0 aliphatic heterocycles. The van der Waals surface area contributed by atoms with Crippen molar-refractivity contribution in [1.29, 1.82) is 0 Å². The van der Waals surface area contributed by atoms with Crippen molar-refractivity contribution in [3.8, 4) is 0 Å². The van der Waals surface area contributed by atoms with Gasteiger partial charge in [-0.05, 0) is 43.2 Å². The van der Waals surface area contributed by atoms with Gasteiger partial charge in [0, 0.05) is 11.3 Å². The molecule has 1 aromatic heterocycles. The SMILES string of the molecule is CSC(C)CCNC(C)c1csc(Cl)c1. The first kappa shape index (κ1) is 13.4. The fourth-order valence-corrected chi connectivity index (χ4v) is 2.63. The highest BCUT2D eigenvalue weighted by molar-refractivity contribution is 7.99. The Bertz CT molecular complexity index is 288. The largest absolute Gasteiger partial charge is 0.310 e. The second kappa shape index (κ2) is 6.79. The van der Waals surface area contributed by atoms with Crippen molar-refractivity contribution in [2.45, 2.75) is 31.6 Å². The molecule has 0 saturated heterocycles. The molecule has 0 saturated carbocycles. The molecule has 1 N–H and O–H groups in total. The van der Waals surface area contributed by atoms with Crippen molar-refractivity contribution in [2.24, 2.45) is 0 Å². The Balaban J connectivity index is 2.27. The van der Waals surface area contributed by atoms with Crippen LogP contribution in [-0.2, 0) is 0 Å². The van der Waals surface area contributed by atoms with Gasteiger partial charge in [0.2, 0.25) is 0 Å². The van der Waals surface area contributed by atoms with Crippen LogP contribution in [0.15, 0.2) is 11.4 Å². The molecule has 1 nitrogen and oxygen atoms in total. The van der Waals surface area contributed by atoms with Gasteiger partial charge in [-0.15, -0.1) is 11.3 Å². The summed E-state index contributed by atoms with van der Waals surface area (Å²) in [6.07, 6.45) is 3.37. The third kappa shape index (κ3) is 4.77. The van der Waals surface area contributed by atoms with Crippen LogP contribution in [0, 0.1) is 0 Å². The van der Waals surface area contributed by atoms with Gasteiger partial charge in [0.25, 0.3) is 0 Å². The summed E-state index contributed by atoms with van der Waals surface area (Å²) in [5.74, 6) is 0. The highest BCUT2D eigenvalue weighted by Gasteiger charge is 2.07. The smallest absolute Gasteiger partial charge is 0.0931 e. The van der Waals surface area contributed by atoms with E-state index in [0.717, 1.165) is 16.1 Å². The molecular formula is C11H18ClNS2. The molecule has 2 unspecified atom stereocenters. The Labute approximate surface area is 106 Å². The molecule has 1 aromatic rings. The van der Waals surface area contributed by atoms with Crippen molar-refractivity contribution in [3.63, 3.8) is 0 Å².